The number of nitrogens with two attached hydrogens (primary N) is 2. The van der Waals surface area contributed by atoms with Gasteiger partial charge in [0.25, 0.3) is 10.1 Å². The van der Waals surface area contributed by atoms with Crippen molar-refractivity contribution in [1.82, 2.24) is 63.8 Å². The molecule has 0 saturated carbocycles. The van der Waals surface area contributed by atoms with E-state index >= 15 is 0 Å². The Hall–Kier alpha value is -10.6. The van der Waals surface area contributed by atoms with Crippen molar-refractivity contribution in [1.29, 1.82) is 5.41 Å². The molecule has 7 atom stereocenters. The van der Waals surface area contributed by atoms with Crippen LogP contribution in [0.15, 0.2) is 113 Å². The van der Waals surface area contributed by atoms with Gasteiger partial charge in [0.1, 0.15) is 72.2 Å². The number of ether oxygens (including phenoxy) is 4. The van der Waals surface area contributed by atoms with Crippen molar-refractivity contribution in [3.63, 3.8) is 0 Å². The number of rotatable bonds is 42. The van der Waals surface area contributed by atoms with E-state index in [4.69, 9.17) is 35.8 Å². The molecule has 4 heterocycles. The third-order valence-corrected chi connectivity index (χ3v) is 26.0. The predicted molar refractivity (Wildman–Crippen MR) is 480 cm³/mol. The Morgan fingerprint density at radius 1 is 0.605 bits per heavy atom. The first kappa shape index (κ1) is 105. The molecule has 4 aliphatic heterocycles. The normalized spacial score (nSPS) is 20.8. The molecule has 0 aromatic heterocycles. The van der Waals surface area contributed by atoms with Crippen LogP contribution in [0.4, 0.5) is 11.4 Å². The van der Waals surface area contributed by atoms with Crippen molar-refractivity contribution >= 4 is 153 Å². The summed E-state index contributed by atoms with van der Waals surface area (Å²) in [5, 5.41) is 49.0. The lowest BCUT2D eigenvalue weighted by Gasteiger charge is -2.27. The molecule has 708 valence electrons. The van der Waals surface area contributed by atoms with Gasteiger partial charge in [-0.1, -0.05) is 90.4 Å². The summed E-state index contributed by atoms with van der Waals surface area (Å²) in [6, 6.07) is 6.17. The number of carboxylic acids is 1. The van der Waals surface area contributed by atoms with E-state index < -0.39 is 176 Å². The second kappa shape index (κ2) is 52.3. The molecule has 0 spiro atoms. The number of carbonyl (C=O) groups is 13. The SMILES string of the molecule is CC[N+]1=C(/C=C/C=C/C=C2/N(CCCCCC(=O)NCCCC[C@@H]3NC(=O)CSC[C@@H](C(=O)NCCOCCOCCOCCNC(=O)COCC(N)=O)NC(=O)[C@H](CCCNC(=N)N)NC(=O)[C@@H]4CSSC[C@H](NC3=O)C(=O)NCC(=O)N[C@@H](CC(=O)O)C(=O)N[C@@H](Cc3ccccc3)C(=O)N4)c3ccc(S(=O)(=O)O)cc3C2(C)C)C(C)(C)c2cc(S(=O)(=O)[O-])ccc21. The molecular formula is C83H117N17O24S5. The third kappa shape index (κ3) is 34.7. The van der Waals surface area contributed by atoms with Crippen LogP contribution in [-0.4, -0.2) is 288 Å². The summed E-state index contributed by atoms with van der Waals surface area (Å²) in [4.78, 5) is 179. The summed E-state index contributed by atoms with van der Waals surface area (Å²) in [7, 11) is -7.43. The van der Waals surface area contributed by atoms with Gasteiger partial charge in [-0.25, -0.2) is 8.42 Å². The van der Waals surface area contributed by atoms with Gasteiger partial charge in [-0.15, -0.1) is 11.8 Å². The highest BCUT2D eigenvalue weighted by molar-refractivity contribution is 8.76. The molecule has 0 aliphatic carbocycles. The van der Waals surface area contributed by atoms with Crippen LogP contribution in [0.25, 0.3) is 0 Å². The lowest BCUT2D eigenvalue weighted by Crippen LogP contribution is -2.60. The van der Waals surface area contributed by atoms with Crippen LogP contribution < -0.4 is 80.2 Å². The number of hydrogen-bond acceptors (Lipinski definition) is 27. The van der Waals surface area contributed by atoms with E-state index in [1.165, 1.54) is 24.3 Å². The Morgan fingerprint density at radius 3 is 1.86 bits per heavy atom. The molecule has 2 fully saturated rings. The number of primary amides is 1. The van der Waals surface area contributed by atoms with E-state index in [0.29, 0.717) is 49.0 Å². The van der Waals surface area contributed by atoms with Crippen LogP contribution in [-0.2, 0) is 119 Å². The minimum Gasteiger partial charge on any atom is -0.744 e. The molecule has 19 N–H and O–H groups in total. The molecule has 129 heavy (non-hydrogen) atoms. The highest BCUT2D eigenvalue weighted by Crippen LogP contribution is 2.49. The average molecular weight is 1900 g/mol. The lowest BCUT2D eigenvalue weighted by atomic mass is 9.81. The topological polar surface area (TPSA) is 617 Å². The molecule has 2 bridgehead atoms. The second-order valence-electron chi connectivity index (χ2n) is 31.3. The maximum atomic E-state index is 14.9. The van der Waals surface area contributed by atoms with Crippen LogP contribution in [0.5, 0.6) is 0 Å². The maximum absolute atomic E-state index is 14.9. The highest BCUT2D eigenvalue weighted by Gasteiger charge is 2.45. The zero-order chi connectivity index (χ0) is 94.4. The number of aliphatic carboxylic acids is 1. The van der Waals surface area contributed by atoms with Gasteiger partial charge in [0.2, 0.25) is 76.6 Å². The summed E-state index contributed by atoms with van der Waals surface area (Å²) < 4.78 is 94.5. The summed E-state index contributed by atoms with van der Waals surface area (Å²) in [6.07, 6.45) is 10.1. The molecule has 3 aromatic carbocycles. The van der Waals surface area contributed by atoms with Gasteiger partial charge >= 0.3 is 5.97 Å². The number of fused-ring (bicyclic) bond motifs is 7. The van der Waals surface area contributed by atoms with Gasteiger partial charge in [0, 0.05) is 97.3 Å². The summed E-state index contributed by atoms with van der Waals surface area (Å²) in [5.74, 6) is -13.2. The number of anilines is 1. The fourth-order valence-electron chi connectivity index (χ4n) is 14.2. The highest BCUT2D eigenvalue weighted by atomic mass is 33.1. The maximum Gasteiger partial charge on any atom is 0.305 e. The molecule has 0 unspecified atom stereocenters. The Bertz CT molecular complexity index is 4850. The first-order chi connectivity index (χ1) is 61.3. The molecule has 0 radical (unpaired) electrons. The van der Waals surface area contributed by atoms with Crippen molar-refractivity contribution in [3.8, 4) is 0 Å². The van der Waals surface area contributed by atoms with Gasteiger partial charge in [0.15, 0.2) is 11.7 Å². The monoisotopic (exact) mass is 1900 g/mol. The Balaban J connectivity index is 1.05. The Morgan fingerprint density at radius 2 is 1.20 bits per heavy atom. The lowest BCUT2D eigenvalue weighted by molar-refractivity contribution is -0.433. The number of nitrogens with one attached hydrogen (secondary N) is 13. The zero-order valence-electron chi connectivity index (χ0n) is 72.5. The van der Waals surface area contributed by atoms with Gasteiger partial charge in [-0.3, -0.25) is 72.3 Å². The van der Waals surface area contributed by atoms with E-state index in [-0.39, 0.29) is 150 Å². The first-order valence-electron chi connectivity index (χ1n) is 41.9. The second-order valence-corrected chi connectivity index (χ2v) is 37.7. The molecule has 7 rings (SSSR count). The fraction of sp³-hybridized carbons (Fsp3) is 0.530. The van der Waals surface area contributed by atoms with Gasteiger partial charge in [0.05, 0.1) is 73.6 Å². The van der Waals surface area contributed by atoms with Gasteiger partial charge < -0.3 is 109 Å². The summed E-state index contributed by atoms with van der Waals surface area (Å²) >= 11 is 0.870. The van der Waals surface area contributed by atoms with E-state index in [0.717, 1.165) is 56.1 Å². The average Bonchev–Trinajstić information content (AvgIpc) is 1.59. The number of carbonyl (C=O) groups excluding carboxylic acids is 12. The van der Waals surface area contributed by atoms with Crippen molar-refractivity contribution < 1.29 is 117 Å². The largest absolute Gasteiger partial charge is 0.744 e. The number of benzene rings is 3. The zero-order valence-corrected chi connectivity index (χ0v) is 76.5. The molecule has 4 aliphatic rings. The quantitative estimate of drug-likeness (QED) is 0.00634. The van der Waals surface area contributed by atoms with Crippen molar-refractivity contribution in [2.45, 2.75) is 168 Å². The van der Waals surface area contributed by atoms with Gasteiger partial charge in [-0.05, 0) is 113 Å². The van der Waals surface area contributed by atoms with Crippen LogP contribution in [0, 0.1) is 5.41 Å². The number of hydrogen-bond donors (Lipinski definition) is 17. The van der Waals surface area contributed by atoms with Crippen LogP contribution >= 0.6 is 33.3 Å². The Kier molecular flexibility index (Phi) is 42.8. The smallest absolute Gasteiger partial charge is 0.305 e. The molecular weight excluding hydrogens is 1780 g/mol. The number of unbranched alkanes of at least 4 members (excludes halogenated alkanes) is 3. The number of amides is 12. The number of guanidine groups is 1. The predicted octanol–water partition coefficient (Wildman–Crippen LogP) is -0.709. The van der Waals surface area contributed by atoms with Crippen molar-refractivity contribution in [2.75, 3.05) is 127 Å². The van der Waals surface area contributed by atoms with E-state index in [2.05, 4.69) is 68.7 Å². The van der Waals surface area contributed by atoms with Crippen LogP contribution in [0.1, 0.15) is 116 Å². The van der Waals surface area contributed by atoms with Gasteiger partial charge in [-0.2, -0.15) is 13.0 Å². The van der Waals surface area contributed by atoms with Crippen LogP contribution in [0.2, 0.25) is 0 Å². The van der Waals surface area contributed by atoms with E-state index in [1.807, 2.05) is 69.6 Å². The summed E-state index contributed by atoms with van der Waals surface area (Å²) in [5.41, 5.74) is 14.1. The fourth-order valence-corrected chi connectivity index (χ4v) is 18.4. The molecule has 41 nitrogen and oxygen atoms in total. The molecule has 46 heteroatoms. The molecule has 3 aromatic rings. The number of nitrogens with zero attached hydrogens (tertiary/aromatic N) is 2. The van der Waals surface area contributed by atoms with E-state index in [1.54, 1.807) is 42.5 Å². The summed E-state index contributed by atoms with van der Waals surface area (Å²) in [6.45, 7) is 9.91. The Labute approximate surface area is 760 Å². The van der Waals surface area contributed by atoms with E-state index in [9.17, 15) is 93.4 Å². The van der Waals surface area contributed by atoms with Crippen molar-refractivity contribution in [3.05, 3.63) is 119 Å². The number of thioether (sulfide) groups is 1. The minimum absolute atomic E-state index is 0.0206. The first-order valence-corrected chi connectivity index (χ1v) is 48.4. The third-order valence-electron chi connectivity index (χ3n) is 20.8. The molecule has 2 saturated heterocycles. The molecule has 12 amide bonds. The minimum atomic E-state index is -4.71. The standard InChI is InChI=1S/C83H117N17O24S5/c1-6-99-64-28-26-53(128(115,116)117)42-55(64)82(2,3)66(99)23-12-8-13-24-67-83(4,5)56-43-54(129(118,119)120)27-29-65(56)100(67)34-17-9-14-25-69(102)87-30-16-15-21-57-76(110)97-62-49-126-127-50-63(98-78(112)59(41-52-19-10-7-11-20-52)95-79(113)60(44-73(106)107)93-70(103)45-91-75(62)109)80(114)94-58(22-18-31-90-81(85)86)77(111)96-61(48-125-51-72(105)92-57)74(108)89-33-36-122-38-40-123-39-37-121-35-32-88-71(104)47-124-46-68(84)101/h7-8,10-13,19-20,23-24,26-29,42-43,57-63H,6,9,14-18,21-22,25,30-41,44-51H2,1-5H3,(H19-,84,85,86,87,88,89,90,91,92,93,94,95,96,97,98,101,102,103,104,105,106,107,108,109,110,111,112,113,114,115,116,117,118,119,120)/t57-,58-,59-,60-,61-,62-,63-/m0/s1. The van der Waals surface area contributed by atoms with Crippen molar-refractivity contribution in [2.24, 2.45) is 11.5 Å². The van der Waals surface area contributed by atoms with Crippen LogP contribution in [0.3, 0.4) is 0 Å². The number of carboxylic acid groups (broad SMARTS) is 1. The number of allylic oxidation sites excluding steroid dienone is 6.